The molecule has 1 N–H and O–H groups in total. The van der Waals surface area contributed by atoms with E-state index in [-0.39, 0.29) is 5.78 Å². The molecule has 2 unspecified atom stereocenters. The highest BCUT2D eigenvalue weighted by atomic mass is 31.2. The number of quaternary nitrogens is 1. The first kappa shape index (κ1) is 33.8. The fourth-order valence-corrected chi connectivity index (χ4v) is 6.76. The summed E-state index contributed by atoms with van der Waals surface area (Å²) in [6.07, 6.45) is 30.5. The topological polar surface area (TPSA) is 46.5 Å². The number of rotatable bonds is 25. The van der Waals surface area contributed by atoms with Crippen LogP contribution in [-0.4, -0.2) is 42.9 Å². The maximum Gasteiger partial charge on any atom is 0.385 e. The average molecular weight is 503 g/mol. The summed E-state index contributed by atoms with van der Waals surface area (Å²) in [5.41, 5.74) is 0. The van der Waals surface area contributed by atoms with E-state index in [4.69, 9.17) is 4.52 Å². The fourth-order valence-electron chi connectivity index (χ4n) is 4.86. The second-order valence-corrected chi connectivity index (χ2v) is 13.1. The third kappa shape index (κ3) is 20.1. The van der Waals surface area contributed by atoms with Gasteiger partial charge in [0.1, 0.15) is 0 Å². The van der Waals surface area contributed by atoms with Gasteiger partial charge in [-0.1, -0.05) is 122 Å². The first-order valence-electron chi connectivity index (χ1n) is 14.6. The van der Waals surface area contributed by atoms with Gasteiger partial charge in [-0.05, 0) is 26.2 Å². The maximum absolute atomic E-state index is 12.5. The Kier molecular flexibility index (Phi) is 22.0. The third-order valence-electron chi connectivity index (χ3n) is 6.91. The maximum atomic E-state index is 12.5. The molecule has 0 saturated carbocycles. The van der Waals surface area contributed by atoms with Crippen LogP contribution in [0.1, 0.15) is 142 Å². The molecule has 0 bridgehead atoms. The van der Waals surface area contributed by atoms with Crippen LogP contribution in [0.4, 0.5) is 0 Å². The lowest BCUT2D eigenvalue weighted by molar-refractivity contribution is -0.883. The lowest BCUT2D eigenvalue weighted by Crippen LogP contribution is -2.44. The predicted molar refractivity (Wildman–Crippen MR) is 150 cm³/mol. The van der Waals surface area contributed by atoms with Gasteiger partial charge in [-0.3, -0.25) is 4.57 Å². The van der Waals surface area contributed by atoms with Crippen molar-refractivity contribution in [3.63, 3.8) is 0 Å². The minimum absolute atomic E-state index is 0.347. The zero-order valence-electron chi connectivity index (χ0n) is 23.7. The van der Waals surface area contributed by atoms with Crippen LogP contribution in [0, 0.1) is 0 Å². The molecule has 0 aromatic rings. The molecule has 0 heterocycles. The van der Waals surface area contributed by atoms with Crippen molar-refractivity contribution in [2.45, 2.75) is 148 Å². The molecular formula is C29H61NO3P+. The molecule has 0 aliphatic heterocycles. The van der Waals surface area contributed by atoms with Gasteiger partial charge in [0.25, 0.3) is 0 Å². The molecule has 34 heavy (non-hydrogen) atoms. The lowest BCUT2D eigenvalue weighted by atomic mass is 10.0. The summed E-state index contributed by atoms with van der Waals surface area (Å²) in [6.45, 7) is 4.47. The highest BCUT2D eigenvalue weighted by Crippen LogP contribution is 2.51. The molecule has 0 aliphatic carbocycles. The van der Waals surface area contributed by atoms with E-state index in [0.29, 0.717) is 17.5 Å². The first-order chi connectivity index (χ1) is 16.3. The minimum atomic E-state index is -3.55. The normalized spacial score (nSPS) is 15.1. The zero-order valence-corrected chi connectivity index (χ0v) is 24.6. The Morgan fingerprint density at radius 3 is 1.38 bits per heavy atom. The molecule has 4 nitrogen and oxygen atoms in total. The summed E-state index contributed by atoms with van der Waals surface area (Å²) in [6, 6.07) is 0. The van der Waals surface area contributed by atoms with Crippen LogP contribution in [0.15, 0.2) is 12.2 Å². The van der Waals surface area contributed by atoms with E-state index in [9.17, 15) is 9.46 Å². The predicted octanol–water partition coefficient (Wildman–Crippen LogP) is 9.62. The van der Waals surface area contributed by atoms with E-state index in [1.807, 2.05) is 28.1 Å². The smallest absolute Gasteiger partial charge is 0.320 e. The molecule has 0 aromatic heterocycles. The van der Waals surface area contributed by atoms with Crippen molar-refractivity contribution in [3.8, 4) is 0 Å². The molecule has 0 rings (SSSR count). The van der Waals surface area contributed by atoms with Crippen molar-refractivity contribution in [3.05, 3.63) is 12.2 Å². The Morgan fingerprint density at radius 2 is 1.06 bits per heavy atom. The van der Waals surface area contributed by atoms with Gasteiger partial charge in [-0.2, -0.15) is 0 Å². The molecule has 0 spiro atoms. The summed E-state index contributed by atoms with van der Waals surface area (Å²) in [4.78, 5) is 10.3. The molecule has 0 aromatic carbocycles. The summed E-state index contributed by atoms with van der Waals surface area (Å²) in [7, 11) is 2.32. The summed E-state index contributed by atoms with van der Waals surface area (Å²) in [5.74, 6) is -0.347. The summed E-state index contributed by atoms with van der Waals surface area (Å²) in [5, 5.41) is 0. The van der Waals surface area contributed by atoms with Crippen LogP contribution >= 0.6 is 7.60 Å². The number of hydrogen-bond acceptors (Lipinski definition) is 2. The Morgan fingerprint density at radius 1 is 0.706 bits per heavy atom. The van der Waals surface area contributed by atoms with Crippen LogP contribution < -0.4 is 0 Å². The molecule has 5 heteroatoms. The van der Waals surface area contributed by atoms with E-state index in [0.717, 1.165) is 12.8 Å². The monoisotopic (exact) mass is 502 g/mol. The van der Waals surface area contributed by atoms with Gasteiger partial charge in [0.05, 0.1) is 27.7 Å². The Bertz CT molecular complexity index is 516. The largest absolute Gasteiger partial charge is 0.385 e. The van der Waals surface area contributed by atoms with Gasteiger partial charge in [-0.25, -0.2) is 0 Å². The van der Waals surface area contributed by atoms with Crippen molar-refractivity contribution >= 4 is 7.60 Å². The van der Waals surface area contributed by atoms with E-state index >= 15 is 0 Å². The Labute approximate surface area is 214 Å². The van der Waals surface area contributed by atoms with Gasteiger partial charge >= 0.3 is 7.60 Å². The number of unbranched alkanes of at least 4 members (excludes halogenated alkanes) is 18. The first-order valence-corrected chi connectivity index (χ1v) is 16.3. The summed E-state index contributed by atoms with van der Waals surface area (Å²) >= 11 is 0. The van der Waals surface area contributed by atoms with E-state index in [1.165, 1.54) is 109 Å². The Balaban J connectivity index is 3.35. The van der Waals surface area contributed by atoms with Crippen LogP contribution in [-0.2, 0) is 9.09 Å². The van der Waals surface area contributed by atoms with Crippen molar-refractivity contribution in [1.29, 1.82) is 0 Å². The fraction of sp³-hybridized carbons (Fsp3) is 0.931. The standard InChI is InChI=1S/C29H60NO3P/c1-6-8-9-10-11-12-13-14-15-16-17-18-19-20-21-22-23-24-25-26-27-28-33-34(31,32)29(7-2)30(3,4)5/h6,8,29H,7,9-28H2,1-5H3/p+1/b8-6-. The molecule has 0 radical (unpaired) electrons. The molecular weight excluding hydrogens is 441 g/mol. The zero-order chi connectivity index (χ0) is 25.5. The molecule has 0 aliphatic rings. The Hall–Kier alpha value is -0.150. The van der Waals surface area contributed by atoms with Crippen LogP contribution in [0.2, 0.25) is 0 Å². The van der Waals surface area contributed by atoms with Gasteiger partial charge in [0.2, 0.25) is 0 Å². The average Bonchev–Trinajstić information content (AvgIpc) is 2.76. The molecule has 2 atom stereocenters. The van der Waals surface area contributed by atoms with E-state index in [2.05, 4.69) is 19.1 Å². The third-order valence-corrected chi connectivity index (χ3v) is 9.28. The SMILES string of the molecule is C/C=C\CCCCCCCCCCCCCCCCCCCCOP(=O)(O)C(CC)[N+](C)(C)C. The van der Waals surface area contributed by atoms with Crippen molar-refractivity contribution < 1.29 is 18.5 Å². The number of hydrogen-bond donors (Lipinski definition) is 1. The lowest BCUT2D eigenvalue weighted by Gasteiger charge is -2.35. The van der Waals surface area contributed by atoms with Crippen LogP contribution in [0.5, 0.6) is 0 Å². The highest BCUT2D eigenvalue weighted by molar-refractivity contribution is 7.53. The van der Waals surface area contributed by atoms with Crippen LogP contribution in [0.25, 0.3) is 0 Å². The van der Waals surface area contributed by atoms with Gasteiger partial charge in [0, 0.05) is 6.42 Å². The molecule has 0 amide bonds. The van der Waals surface area contributed by atoms with Gasteiger partial charge in [-0.15, -0.1) is 0 Å². The number of allylic oxidation sites excluding steroid dienone is 2. The quantitative estimate of drug-likeness (QED) is 0.0585. The van der Waals surface area contributed by atoms with Crippen molar-refractivity contribution in [2.24, 2.45) is 0 Å². The van der Waals surface area contributed by atoms with E-state index < -0.39 is 7.60 Å². The van der Waals surface area contributed by atoms with Crippen molar-refractivity contribution in [2.75, 3.05) is 27.7 Å². The second-order valence-electron chi connectivity index (χ2n) is 11.1. The number of nitrogens with zero attached hydrogens (tertiary/aromatic N) is 1. The molecule has 0 saturated heterocycles. The summed E-state index contributed by atoms with van der Waals surface area (Å²) < 4.78 is 18.4. The minimum Gasteiger partial charge on any atom is -0.320 e. The van der Waals surface area contributed by atoms with Crippen molar-refractivity contribution in [1.82, 2.24) is 0 Å². The van der Waals surface area contributed by atoms with Gasteiger partial charge in [0.15, 0.2) is 5.78 Å². The molecule has 204 valence electrons. The second kappa shape index (κ2) is 22.1. The van der Waals surface area contributed by atoms with Crippen LogP contribution in [0.3, 0.4) is 0 Å². The molecule has 0 fully saturated rings. The van der Waals surface area contributed by atoms with E-state index in [1.54, 1.807) is 0 Å². The highest BCUT2D eigenvalue weighted by Gasteiger charge is 2.41. The van der Waals surface area contributed by atoms with Gasteiger partial charge < -0.3 is 13.9 Å².